The molecule has 0 spiro atoms. The number of hydrogen-bond donors (Lipinski definition) is 1. The highest BCUT2D eigenvalue weighted by Crippen LogP contribution is 2.31. The number of nitrogens with one attached hydrogen (secondary N) is 1. The Morgan fingerprint density at radius 3 is 2.71 bits per heavy atom. The number of carbonyl (C=O) groups is 1. The topological polar surface area (TPSA) is 91.3 Å². The molecule has 2 aromatic heterocycles. The Morgan fingerprint density at radius 2 is 2.04 bits per heavy atom. The number of anilines is 1. The fourth-order valence-corrected chi connectivity index (χ4v) is 4.06. The summed E-state index contributed by atoms with van der Waals surface area (Å²) in [6.07, 6.45) is 4.85. The van der Waals surface area contributed by atoms with Crippen molar-refractivity contribution in [3.8, 4) is 5.75 Å². The van der Waals surface area contributed by atoms with E-state index in [9.17, 15) is 9.59 Å². The lowest BCUT2D eigenvalue weighted by atomic mass is 9.81. The van der Waals surface area contributed by atoms with E-state index in [0.717, 1.165) is 42.5 Å². The number of imidazole rings is 1. The van der Waals surface area contributed by atoms with Crippen LogP contribution >= 0.6 is 0 Å². The van der Waals surface area contributed by atoms with Crippen LogP contribution < -0.4 is 15.7 Å². The summed E-state index contributed by atoms with van der Waals surface area (Å²) >= 11 is 0. The van der Waals surface area contributed by atoms with Crippen molar-refractivity contribution in [1.82, 2.24) is 14.3 Å². The summed E-state index contributed by atoms with van der Waals surface area (Å²) in [5.41, 5.74) is 1.76. The van der Waals surface area contributed by atoms with Gasteiger partial charge in [-0.25, -0.2) is 4.79 Å². The number of hydrogen-bond acceptors (Lipinski definition) is 5. The minimum atomic E-state index is -0.0303. The maximum Gasteiger partial charge on any atom is 0.328 e. The molecule has 0 radical (unpaired) electrons. The number of ether oxygens (including phenoxy) is 1. The van der Waals surface area contributed by atoms with Crippen molar-refractivity contribution < 1.29 is 14.1 Å². The summed E-state index contributed by atoms with van der Waals surface area (Å²) in [6, 6.07) is 7.32. The Labute approximate surface area is 162 Å². The summed E-state index contributed by atoms with van der Waals surface area (Å²) in [7, 11) is 3.41. The molecule has 8 heteroatoms. The van der Waals surface area contributed by atoms with Gasteiger partial charge >= 0.3 is 5.69 Å². The van der Waals surface area contributed by atoms with E-state index in [1.54, 1.807) is 24.8 Å². The maximum atomic E-state index is 12.7. The van der Waals surface area contributed by atoms with Gasteiger partial charge in [-0.3, -0.25) is 13.9 Å². The van der Waals surface area contributed by atoms with Gasteiger partial charge in [0, 0.05) is 31.6 Å². The van der Waals surface area contributed by atoms with Crippen molar-refractivity contribution in [3.63, 3.8) is 0 Å². The number of aryl methyl sites for hydroxylation is 1. The molecule has 1 aliphatic carbocycles. The molecule has 0 atom stereocenters. The van der Waals surface area contributed by atoms with E-state index < -0.39 is 0 Å². The first-order chi connectivity index (χ1) is 13.6. The molecule has 0 bridgehead atoms. The van der Waals surface area contributed by atoms with Gasteiger partial charge in [0.05, 0.1) is 18.1 Å². The zero-order valence-corrected chi connectivity index (χ0v) is 16.1. The lowest BCUT2D eigenvalue weighted by Gasteiger charge is -2.27. The average molecular weight is 384 g/mol. The molecule has 1 fully saturated rings. The van der Waals surface area contributed by atoms with Crippen molar-refractivity contribution in [1.29, 1.82) is 0 Å². The molecule has 1 saturated carbocycles. The van der Waals surface area contributed by atoms with Gasteiger partial charge in [-0.05, 0) is 43.7 Å². The van der Waals surface area contributed by atoms with Gasteiger partial charge in [-0.15, -0.1) is 0 Å². The Hall–Kier alpha value is -3.03. The standard InChI is InChI=1S/C20H24N4O4/c1-23-16-8-7-15(27-2)11-17(16)24(20(23)26)12-13-3-5-14(6-4-13)19(25)21-18-9-10-28-22-18/h7-11,13-14H,3-6,12H2,1-2H3,(H,21,22,25). The molecule has 2 heterocycles. The SMILES string of the molecule is COc1ccc2c(c1)n(CC1CCC(C(=O)Nc3ccon3)CC1)c(=O)n2C. The first-order valence-corrected chi connectivity index (χ1v) is 9.51. The van der Waals surface area contributed by atoms with Crippen LogP contribution in [0.4, 0.5) is 5.82 Å². The van der Waals surface area contributed by atoms with Gasteiger partial charge in [0.25, 0.3) is 0 Å². The summed E-state index contributed by atoms with van der Waals surface area (Å²) in [5.74, 6) is 1.51. The predicted molar refractivity (Wildman–Crippen MR) is 104 cm³/mol. The highest BCUT2D eigenvalue weighted by atomic mass is 16.5. The van der Waals surface area contributed by atoms with Crippen LogP contribution in [0.2, 0.25) is 0 Å². The Kier molecular flexibility index (Phi) is 4.93. The van der Waals surface area contributed by atoms with Crippen molar-refractivity contribution in [2.24, 2.45) is 18.9 Å². The van der Waals surface area contributed by atoms with Gasteiger partial charge in [-0.1, -0.05) is 5.16 Å². The van der Waals surface area contributed by atoms with Crippen LogP contribution in [-0.2, 0) is 18.4 Å². The summed E-state index contributed by atoms with van der Waals surface area (Å²) in [6.45, 7) is 0.654. The molecule has 28 heavy (non-hydrogen) atoms. The second kappa shape index (κ2) is 7.53. The van der Waals surface area contributed by atoms with Crippen LogP contribution in [0.25, 0.3) is 11.0 Å². The number of rotatable bonds is 5. The van der Waals surface area contributed by atoms with Gasteiger partial charge in [0.15, 0.2) is 5.82 Å². The van der Waals surface area contributed by atoms with E-state index in [4.69, 9.17) is 9.26 Å². The molecule has 8 nitrogen and oxygen atoms in total. The van der Waals surface area contributed by atoms with Gasteiger partial charge in [0.1, 0.15) is 12.0 Å². The first-order valence-electron chi connectivity index (χ1n) is 9.51. The Morgan fingerprint density at radius 1 is 1.25 bits per heavy atom. The average Bonchev–Trinajstić information content (AvgIpc) is 3.31. The molecule has 4 rings (SSSR count). The van der Waals surface area contributed by atoms with Crippen molar-refractivity contribution in [3.05, 3.63) is 41.0 Å². The van der Waals surface area contributed by atoms with Gasteiger partial charge < -0.3 is 14.6 Å². The number of fused-ring (bicyclic) bond motifs is 1. The van der Waals surface area contributed by atoms with E-state index in [-0.39, 0.29) is 17.5 Å². The van der Waals surface area contributed by atoms with Gasteiger partial charge in [-0.2, -0.15) is 0 Å². The fraction of sp³-hybridized carbons (Fsp3) is 0.450. The number of methoxy groups -OCH3 is 1. The van der Waals surface area contributed by atoms with Crippen LogP contribution in [0.15, 0.2) is 39.8 Å². The summed E-state index contributed by atoms with van der Waals surface area (Å²) < 4.78 is 13.6. The highest BCUT2D eigenvalue weighted by molar-refractivity contribution is 5.91. The summed E-state index contributed by atoms with van der Waals surface area (Å²) in [5, 5.41) is 6.51. The van der Waals surface area contributed by atoms with Crippen LogP contribution in [0, 0.1) is 11.8 Å². The molecular weight excluding hydrogens is 360 g/mol. The normalized spacial score (nSPS) is 19.6. The third-order valence-electron chi connectivity index (χ3n) is 5.70. The molecule has 148 valence electrons. The van der Waals surface area contributed by atoms with E-state index in [2.05, 4.69) is 10.5 Å². The van der Waals surface area contributed by atoms with Crippen molar-refractivity contribution >= 4 is 22.8 Å². The van der Waals surface area contributed by atoms with E-state index >= 15 is 0 Å². The number of carbonyl (C=O) groups excluding carboxylic acids is 1. The molecule has 1 aromatic carbocycles. The van der Waals surface area contributed by atoms with Crippen LogP contribution in [-0.4, -0.2) is 27.3 Å². The smallest absolute Gasteiger partial charge is 0.328 e. The second-order valence-electron chi connectivity index (χ2n) is 7.40. The van der Waals surface area contributed by atoms with E-state index in [0.29, 0.717) is 18.3 Å². The lowest BCUT2D eigenvalue weighted by Crippen LogP contribution is -2.30. The van der Waals surface area contributed by atoms with Crippen LogP contribution in [0.5, 0.6) is 5.75 Å². The first kappa shape index (κ1) is 18.3. The van der Waals surface area contributed by atoms with Gasteiger partial charge in [0.2, 0.25) is 5.91 Å². The zero-order valence-electron chi connectivity index (χ0n) is 16.1. The third-order valence-corrected chi connectivity index (χ3v) is 5.70. The van der Waals surface area contributed by atoms with Crippen molar-refractivity contribution in [2.45, 2.75) is 32.2 Å². The minimum Gasteiger partial charge on any atom is -0.497 e. The number of nitrogens with zero attached hydrogens (tertiary/aromatic N) is 3. The molecule has 0 unspecified atom stereocenters. The predicted octanol–water partition coefficient (Wildman–Crippen LogP) is 2.78. The highest BCUT2D eigenvalue weighted by Gasteiger charge is 2.28. The molecule has 3 aromatic rings. The van der Waals surface area contributed by atoms with Crippen LogP contribution in [0.1, 0.15) is 25.7 Å². The zero-order chi connectivity index (χ0) is 19.7. The van der Waals surface area contributed by atoms with E-state index in [1.807, 2.05) is 22.8 Å². The Bertz CT molecular complexity index is 1030. The molecule has 1 amide bonds. The minimum absolute atomic E-state index is 0.0144. The monoisotopic (exact) mass is 384 g/mol. The Balaban J connectivity index is 1.44. The molecule has 1 aliphatic rings. The second-order valence-corrected chi connectivity index (χ2v) is 7.40. The largest absolute Gasteiger partial charge is 0.497 e. The molecule has 1 N–H and O–H groups in total. The lowest BCUT2D eigenvalue weighted by molar-refractivity contribution is -0.121. The summed E-state index contributed by atoms with van der Waals surface area (Å²) in [4.78, 5) is 25.1. The van der Waals surface area contributed by atoms with E-state index in [1.165, 1.54) is 6.26 Å². The maximum absolute atomic E-state index is 12.7. The van der Waals surface area contributed by atoms with Crippen molar-refractivity contribution in [2.75, 3.05) is 12.4 Å². The molecule has 0 saturated heterocycles. The quantitative estimate of drug-likeness (QED) is 0.730. The number of amides is 1. The molecule has 0 aliphatic heterocycles. The number of aromatic nitrogens is 3. The van der Waals surface area contributed by atoms with Crippen LogP contribution in [0.3, 0.4) is 0 Å². The number of benzene rings is 1. The molecular formula is C20H24N4O4. The third kappa shape index (κ3) is 3.42. The fourth-order valence-electron chi connectivity index (χ4n) is 4.06.